The highest BCUT2D eigenvalue weighted by Gasteiger charge is 2.50. The number of cyclic esters (lactones) is 1. The van der Waals surface area contributed by atoms with E-state index in [0.29, 0.717) is 12.5 Å². The average Bonchev–Trinajstić information content (AvgIpc) is 3.34. The van der Waals surface area contributed by atoms with Gasteiger partial charge in [-0.1, -0.05) is 18.2 Å². The van der Waals surface area contributed by atoms with Gasteiger partial charge >= 0.3 is 5.97 Å². The lowest BCUT2D eigenvalue weighted by molar-refractivity contribution is -0.142. The van der Waals surface area contributed by atoms with Crippen molar-refractivity contribution in [1.29, 1.82) is 0 Å². The van der Waals surface area contributed by atoms with E-state index in [-0.39, 0.29) is 17.5 Å². The van der Waals surface area contributed by atoms with E-state index in [1.807, 2.05) is 6.07 Å². The molecule has 1 spiro atoms. The Balaban J connectivity index is 1.28. The zero-order chi connectivity index (χ0) is 17.6. The minimum Gasteiger partial charge on any atom is -0.460 e. The molecule has 0 bridgehead atoms. The third-order valence-electron chi connectivity index (χ3n) is 6.53. The van der Waals surface area contributed by atoms with E-state index in [1.165, 1.54) is 5.39 Å². The summed E-state index contributed by atoms with van der Waals surface area (Å²) in [6.45, 7) is 4.88. The molecule has 5 rings (SSSR count). The molecule has 0 amide bonds. The molecule has 3 aliphatic heterocycles. The predicted octanol–water partition coefficient (Wildman–Crippen LogP) is 1.97. The number of benzene rings is 1. The van der Waals surface area contributed by atoms with E-state index in [9.17, 15) is 4.79 Å². The number of hydrogen-bond acceptors (Lipinski definition) is 5. The molecular weight excluding hydrogens is 328 g/mol. The summed E-state index contributed by atoms with van der Waals surface area (Å²) in [5.74, 6) is -0.00836. The fourth-order valence-corrected chi connectivity index (χ4v) is 4.98. The fourth-order valence-electron chi connectivity index (χ4n) is 4.98. The van der Waals surface area contributed by atoms with Crippen molar-refractivity contribution in [2.24, 2.45) is 5.41 Å². The van der Waals surface area contributed by atoms with Gasteiger partial charge in [0, 0.05) is 36.6 Å². The third-order valence-corrected chi connectivity index (χ3v) is 6.53. The molecule has 1 aromatic heterocycles. The van der Waals surface area contributed by atoms with Crippen LogP contribution in [0.3, 0.4) is 0 Å². The molecule has 2 atom stereocenters. The van der Waals surface area contributed by atoms with E-state index in [2.05, 4.69) is 39.3 Å². The Bertz CT molecular complexity index is 778. The van der Waals surface area contributed by atoms with Gasteiger partial charge in [-0.15, -0.1) is 0 Å². The van der Waals surface area contributed by atoms with Crippen LogP contribution < -0.4 is 5.32 Å². The molecule has 3 aliphatic rings. The highest BCUT2D eigenvalue weighted by Crippen LogP contribution is 2.44. The molecule has 3 saturated heterocycles. The number of carbonyl (C=O) groups is 1. The number of nitrogens with one attached hydrogen (secondary N) is 1. The monoisotopic (exact) mass is 354 g/mol. The first-order chi connectivity index (χ1) is 12.7. The lowest BCUT2D eigenvalue weighted by atomic mass is 9.73. The number of nitrogens with zero attached hydrogens (tertiary/aromatic N) is 3. The molecule has 1 aromatic carbocycles. The number of piperidine rings is 1. The molecule has 0 saturated carbocycles. The van der Waals surface area contributed by atoms with Gasteiger partial charge in [-0.25, -0.2) is 0 Å². The molecule has 2 aromatic rings. The van der Waals surface area contributed by atoms with Crippen LogP contribution in [-0.2, 0) is 9.53 Å². The quantitative estimate of drug-likeness (QED) is 0.854. The first-order valence-corrected chi connectivity index (χ1v) is 9.78. The zero-order valence-corrected chi connectivity index (χ0v) is 15.1. The SMILES string of the molecule is O=C1CC2(CCNCC2)C(CN2CCC(n3cc4ccccc4n3)C2)O1. The van der Waals surface area contributed by atoms with Crippen LogP contribution >= 0.6 is 0 Å². The van der Waals surface area contributed by atoms with Gasteiger partial charge < -0.3 is 10.1 Å². The molecule has 138 valence electrons. The van der Waals surface area contributed by atoms with Crippen molar-refractivity contribution < 1.29 is 9.53 Å². The van der Waals surface area contributed by atoms with E-state index in [0.717, 1.165) is 57.5 Å². The summed E-state index contributed by atoms with van der Waals surface area (Å²) in [6.07, 6.45) is 6.00. The highest BCUT2D eigenvalue weighted by atomic mass is 16.6. The van der Waals surface area contributed by atoms with E-state index in [4.69, 9.17) is 9.84 Å². The molecule has 3 fully saturated rings. The Morgan fingerprint density at radius 3 is 2.96 bits per heavy atom. The number of esters is 1. The lowest BCUT2D eigenvalue weighted by Gasteiger charge is -2.38. The number of rotatable bonds is 3. The normalized spacial score (nSPS) is 28.8. The second-order valence-corrected chi connectivity index (χ2v) is 8.14. The van der Waals surface area contributed by atoms with E-state index in [1.54, 1.807) is 0 Å². The number of carbonyl (C=O) groups excluding carboxylic acids is 1. The third kappa shape index (κ3) is 2.81. The Morgan fingerprint density at radius 1 is 1.27 bits per heavy atom. The molecule has 1 N–H and O–H groups in total. The van der Waals surface area contributed by atoms with Crippen LogP contribution in [0.2, 0.25) is 0 Å². The second-order valence-electron chi connectivity index (χ2n) is 8.14. The van der Waals surface area contributed by atoms with E-state index < -0.39 is 0 Å². The van der Waals surface area contributed by atoms with Crippen LogP contribution in [0, 0.1) is 5.41 Å². The highest BCUT2D eigenvalue weighted by molar-refractivity contribution is 5.77. The number of hydrogen-bond donors (Lipinski definition) is 1. The van der Waals surface area contributed by atoms with Gasteiger partial charge in [-0.3, -0.25) is 14.4 Å². The summed E-state index contributed by atoms with van der Waals surface area (Å²) < 4.78 is 7.91. The predicted molar refractivity (Wildman–Crippen MR) is 98.9 cm³/mol. The molecule has 0 aliphatic carbocycles. The summed E-state index contributed by atoms with van der Waals surface area (Å²) in [7, 11) is 0. The van der Waals surface area contributed by atoms with E-state index >= 15 is 0 Å². The summed E-state index contributed by atoms with van der Waals surface area (Å²) in [5.41, 5.74) is 1.12. The Labute approximate surface area is 153 Å². The molecule has 26 heavy (non-hydrogen) atoms. The number of likely N-dealkylation sites (tertiary alicyclic amines) is 1. The number of aromatic nitrogens is 2. The summed E-state index contributed by atoms with van der Waals surface area (Å²) in [4.78, 5) is 14.5. The standard InChI is InChI=1S/C20H26N4O2/c25-19-11-20(6-8-21-9-7-20)18(26-19)14-23-10-5-16(13-23)24-12-15-3-1-2-4-17(15)22-24/h1-4,12,16,18,21H,5-11,13-14H2. The van der Waals surface area contributed by atoms with Gasteiger partial charge in [0.15, 0.2) is 0 Å². The van der Waals surface area contributed by atoms with Gasteiger partial charge in [-0.05, 0) is 38.4 Å². The summed E-state index contributed by atoms with van der Waals surface area (Å²) >= 11 is 0. The van der Waals surface area contributed by atoms with Gasteiger partial charge in [0.05, 0.1) is 18.0 Å². The van der Waals surface area contributed by atoms with Crippen molar-refractivity contribution in [3.63, 3.8) is 0 Å². The van der Waals surface area contributed by atoms with Crippen molar-refractivity contribution in [1.82, 2.24) is 20.0 Å². The first kappa shape index (κ1) is 16.3. The van der Waals surface area contributed by atoms with Gasteiger partial charge in [-0.2, -0.15) is 5.10 Å². The Kier molecular flexibility index (Phi) is 3.98. The van der Waals surface area contributed by atoms with Crippen LogP contribution in [0.5, 0.6) is 0 Å². The zero-order valence-electron chi connectivity index (χ0n) is 15.1. The van der Waals surface area contributed by atoms with Crippen molar-refractivity contribution in [2.45, 2.75) is 37.8 Å². The smallest absolute Gasteiger partial charge is 0.306 e. The van der Waals surface area contributed by atoms with Crippen molar-refractivity contribution in [3.05, 3.63) is 30.5 Å². The average molecular weight is 354 g/mol. The van der Waals surface area contributed by atoms with Crippen LogP contribution in [0.1, 0.15) is 31.7 Å². The Hall–Kier alpha value is -1.92. The van der Waals surface area contributed by atoms with Crippen LogP contribution in [0.15, 0.2) is 30.5 Å². The largest absolute Gasteiger partial charge is 0.460 e. The molecule has 0 radical (unpaired) electrons. The molecule has 6 heteroatoms. The second kappa shape index (κ2) is 6.35. The Morgan fingerprint density at radius 2 is 2.12 bits per heavy atom. The van der Waals surface area contributed by atoms with Gasteiger partial charge in [0.2, 0.25) is 0 Å². The summed E-state index contributed by atoms with van der Waals surface area (Å²) in [5, 5.41) is 9.37. The topological polar surface area (TPSA) is 59.4 Å². The molecule has 6 nitrogen and oxygen atoms in total. The minimum absolute atomic E-state index is 0.00836. The number of fused-ring (bicyclic) bond motifs is 1. The van der Waals surface area contributed by atoms with Gasteiger partial charge in [0.1, 0.15) is 6.10 Å². The van der Waals surface area contributed by atoms with Crippen molar-refractivity contribution in [2.75, 3.05) is 32.7 Å². The molecular formula is C20H26N4O2. The van der Waals surface area contributed by atoms with Gasteiger partial charge in [0.25, 0.3) is 0 Å². The lowest BCUT2D eigenvalue weighted by Crippen LogP contribution is -2.46. The summed E-state index contributed by atoms with van der Waals surface area (Å²) in [6, 6.07) is 8.68. The molecule has 4 heterocycles. The number of ether oxygens (including phenoxy) is 1. The molecule has 2 unspecified atom stereocenters. The van der Waals surface area contributed by atoms with Crippen LogP contribution in [0.25, 0.3) is 10.9 Å². The maximum Gasteiger partial charge on any atom is 0.306 e. The minimum atomic E-state index is -0.00836. The maximum absolute atomic E-state index is 12.0. The van der Waals surface area contributed by atoms with Crippen molar-refractivity contribution >= 4 is 16.9 Å². The first-order valence-electron chi connectivity index (χ1n) is 9.78. The maximum atomic E-state index is 12.0. The van der Waals surface area contributed by atoms with Crippen molar-refractivity contribution in [3.8, 4) is 0 Å². The van der Waals surface area contributed by atoms with Crippen LogP contribution in [0.4, 0.5) is 0 Å². The van der Waals surface area contributed by atoms with Crippen LogP contribution in [-0.4, -0.2) is 59.5 Å². The fraction of sp³-hybridized carbons (Fsp3) is 0.600.